The molecule has 6 nitrogen and oxygen atoms in total. The van der Waals surface area contributed by atoms with E-state index < -0.39 is 6.10 Å². The maximum absolute atomic E-state index is 12.7. The number of carbonyl (C=O) groups excluding carboxylic acids is 2. The molecule has 2 unspecified atom stereocenters. The number of para-hydroxylation sites is 1. The lowest BCUT2D eigenvalue weighted by Crippen LogP contribution is -2.46. The minimum absolute atomic E-state index is 0.000343. The van der Waals surface area contributed by atoms with E-state index in [1.807, 2.05) is 72.8 Å². The zero-order chi connectivity index (χ0) is 23.0. The molecule has 2 N–H and O–H groups in total. The van der Waals surface area contributed by atoms with Crippen LogP contribution in [0.1, 0.15) is 30.9 Å². The number of rotatable bonds is 8. The van der Waals surface area contributed by atoms with Gasteiger partial charge in [-0.15, -0.1) is 0 Å². The number of hydrogen-bond acceptors (Lipinski definition) is 4. The second-order valence-electron chi connectivity index (χ2n) is 8.46. The third-order valence-corrected chi connectivity index (χ3v) is 6.10. The Kier molecular flexibility index (Phi) is 7.58. The van der Waals surface area contributed by atoms with Crippen LogP contribution in [0.25, 0.3) is 10.8 Å². The fourth-order valence-electron chi connectivity index (χ4n) is 4.22. The van der Waals surface area contributed by atoms with Crippen LogP contribution < -0.4 is 10.1 Å². The Labute approximate surface area is 194 Å². The van der Waals surface area contributed by atoms with Gasteiger partial charge >= 0.3 is 0 Å². The van der Waals surface area contributed by atoms with E-state index >= 15 is 0 Å². The number of carbonyl (C=O) groups is 2. The van der Waals surface area contributed by atoms with Gasteiger partial charge in [0.05, 0.1) is 25.0 Å². The summed E-state index contributed by atoms with van der Waals surface area (Å²) in [5.74, 6) is 0.361. The van der Waals surface area contributed by atoms with Crippen LogP contribution in [-0.4, -0.2) is 48.1 Å². The van der Waals surface area contributed by atoms with Gasteiger partial charge in [0.25, 0.3) is 0 Å². The first kappa shape index (κ1) is 22.8. The molecule has 2 atom stereocenters. The van der Waals surface area contributed by atoms with Gasteiger partial charge in [-0.2, -0.15) is 0 Å². The number of aliphatic hydroxyl groups excluding tert-OH is 1. The van der Waals surface area contributed by atoms with Gasteiger partial charge in [0.1, 0.15) is 5.75 Å². The number of amides is 2. The van der Waals surface area contributed by atoms with Gasteiger partial charge in [0.2, 0.25) is 11.8 Å². The van der Waals surface area contributed by atoms with Crippen molar-refractivity contribution in [3.8, 4) is 5.75 Å². The summed E-state index contributed by atoms with van der Waals surface area (Å²) >= 11 is 0. The molecule has 0 radical (unpaired) electrons. The summed E-state index contributed by atoms with van der Waals surface area (Å²) in [6.45, 7) is 1.52. The van der Waals surface area contributed by atoms with Crippen molar-refractivity contribution in [1.82, 2.24) is 10.2 Å². The van der Waals surface area contributed by atoms with Gasteiger partial charge < -0.3 is 20.1 Å². The molecule has 3 aromatic carbocycles. The fraction of sp³-hybridized carbons (Fsp3) is 0.333. The molecule has 0 spiro atoms. The Balaban J connectivity index is 1.24. The number of piperidine rings is 1. The number of fused-ring (bicyclic) bond motifs is 1. The van der Waals surface area contributed by atoms with E-state index in [0.29, 0.717) is 19.7 Å². The van der Waals surface area contributed by atoms with Crippen molar-refractivity contribution in [3.63, 3.8) is 0 Å². The number of likely N-dealkylation sites (tertiary alicyclic amines) is 1. The number of ether oxygens (including phenoxy) is 1. The Hall–Kier alpha value is -3.38. The van der Waals surface area contributed by atoms with Crippen LogP contribution in [0.5, 0.6) is 5.75 Å². The van der Waals surface area contributed by atoms with Crippen molar-refractivity contribution >= 4 is 22.6 Å². The molecule has 6 heteroatoms. The van der Waals surface area contributed by atoms with E-state index in [-0.39, 0.29) is 30.7 Å². The summed E-state index contributed by atoms with van der Waals surface area (Å²) in [7, 11) is 0. The van der Waals surface area contributed by atoms with Crippen molar-refractivity contribution < 1.29 is 19.4 Å². The third kappa shape index (κ3) is 6.11. The smallest absolute Gasteiger partial charge is 0.226 e. The summed E-state index contributed by atoms with van der Waals surface area (Å²) in [6, 6.07) is 23.2. The molecule has 4 rings (SSSR count). The monoisotopic (exact) mass is 446 g/mol. The van der Waals surface area contributed by atoms with Crippen molar-refractivity contribution in [2.45, 2.75) is 25.4 Å². The number of aliphatic hydroxyl groups is 1. The highest BCUT2D eigenvalue weighted by atomic mass is 16.5. The molecular formula is C27H30N2O4. The minimum Gasteiger partial charge on any atom is -0.493 e. The minimum atomic E-state index is -0.782. The van der Waals surface area contributed by atoms with Gasteiger partial charge in [0, 0.05) is 19.6 Å². The van der Waals surface area contributed by atoms with E-state index in [1.54, 1.807) is 4.90 Å². The molecule has 2 amide bonds. The molecule has 172 valence electrons. The van der Waals surface area contributed by atoms with Crippen LogP contribution in [0, 0.1) is 5.92 Å². The second-order valence-corrected chi connectivity index (χ2v) is 8.46. The van der Waals surface area contributed by atoms with E-state index in [0.717, 1.165) is 34.9 Å². The Morgan fingerprint density at radius 3 is 2.61 bits per heavy atom. The van der Waals surface area contributed by atoms with Crippen molar-refractivity contribution in [2.75, 3.05) is 26.2 Å². The molecule has 1 fully saturated rings. The molecular weight excluding hydrogens is 416 g/mol. The zero-order valence-electron chi connectivity index (χ0n) is 18.7. The van der Waals surface area contributed by atoms with Crippen LogP contribution in [0.3, 0.4) is 0 Å². The largest absolute Gasteiger partial charge is 0.493 e. The molecule has 1 aliphatic heterocycles. The van der Waals surface area contributed by atoms with E-state index in [4.69, 9.17) is 4.74 Å². The highest BCUT2D eigenvalue weighted by Gasteiger charge is 2.28. The SMILES string of the molecule is O=C(NCC(O)c1ccc2ccccc2c1)C1CCCN(C(=O)CCOc2ccccc2)C1. The highest BCUT2D eigenvalue weighted by Crippen LogP contribution is 2.21. The predicted molar refractivity (Wildman–Crippen MR) is 128 cm³/mol. The summed E-state index contributed by atoms with van der Waals surface area (Å²) < 4.78 is 5.62. The van der Waals surface area contributed by atoms with Gasteiger partial charge in [-0.25, -0.2) is 0 Å². The second kappa shape index (κ2) is 11.0. The summed E-state index contributed by atoms with van der Waals surface area (Å²) in [4.78, 5) is 27.1. The quantitative estimate of drug-likeness (QED) is 0.553. The van der Waals surface area contributed by atoms with E-state index in [1.165, 1.54) is 0 Å². The van der Waals surface area contributed by atoms with Crippen LogP contribution in [-0.2, 0) is 9.59 Å². The van der Waals surface area contributed by atoms with Gasteiger partial charge in [-0.3, -0.25) is 9.59 Å². The van der Waals surface area contributed by atoms with Crippen molar-refractivity contribution in [2.24, 2.45) is 5.92 Å². The average molecular weight is 447 g/mol. The Morgan fingerprint density at radius 1 is 1.03 bits per heavy atom. The normalized spacial score (nSPS) is 16.9. The first-order chi connectivity index (χ1) is 16.1. The Morgan fingerprint density at radius 2 is 1.79 bits per heavy atom. The first-order valence-electron chi connectivity index (χ1n) is 11.5. The van der Waals surface area contributed by atoms with E-state index in [2.05, 4.69) is 5.32 Å². The molecule has 0 aliphatic carbocycles. The van der Waals surface area contributed by atoms with Gasteiger partial charge in [-0.05, 0) is 47.4 Å². The van der Waals surface area contributed by atoms with Gasteiger partial charge in [-0.1, -0.05) is 54.6 Å². The lowest BCUT2D eigenvalue weighted by atomic mass is 9.96. The average Bonchev–Trinajstić information content (AvgIpc) is 2.87. The number of benzene rings is 3. The zero-order valence-corrected chi connectivity index (χ0v) is 18.7. The van der Waals surface area contributed by atoms with Crippen molar-refractivity contribution in [3.05, 3.63) is 78.4 Å². The maximum Gasteiger partial charge on any atom is 0.226 e. The molecule has 0 bridgehead atoms. The van der Waals surface area contributed by atoms with Crippen LogP contribution in [0.15, 0.2) is 72.8 Å². The fourth-order valence-corrected chi connectivity index (χ4v) is 4.22. The van der Waals surface area contributed by atoms with Crippen LogP contribution in [0.2, 0.25) is 0 Å². The number of nitrogens with zero attached hydrogens (tertiary/aromatic N) is 1. The van der Waals surface area contributed by atoms with Crippen molar-refractivity contribution in [1.29, 1.82) is 0 Å². The summed E-state index contributed by atoms with van der Waals surface area (Å²) in [6.07, 6.45) is 1.03. The molecule has 1 saturated heterocycles. The highest BCUT2D eigenvalue weighted by molar-refractivity contribution is 5.83. The standard InChI is InChI=1S/C27H30N2O4/c30-25(22-13-12-20-7-4-5-8-21(20)17-22)18-28-27(32)23-9-6-15-29(19-23)26(31)14-16-33-24-10-2-1-3-11-24/h1-5,7-8,10-13,17,23,25,30H,6,9,14-16,18-19H2,(H,28,32). The summed E-state index contributed by atoms with van der Waals surface area (Å²) in [5, 5.41) is 15.6. The molecule has 1 aliphatic rings. The van der Waals surface area contributed by atoms with E-state index in [9.17, 15) is 14.7 Å². The lowest BCUT2D eigenvalue weighted by molar-refractivity contribution is -0.136. The molecule has 3 aromatic rings. The van der Waals surface area contributed by atoms with Crippen LogP contribution >= 0.6 is 0 Å². The predicted octanol–water partition coefficient (Wildman–Crippen LogP) is 3.70. The maximum atomic E-state index is 12.7. The molecule has 1 heterocycles. The molecule has 0 saturated carbocycles. The Bertz CT molecular complexity index is 1090. The lowest BCUT2D eigenvalue weighted by Gasteiger charge is -2.32. The number of nitrogens with one attached hydrogen (secondary N) is 1. The molecule has 0 aromatic heterocycles. The number of hydrogen-bond donors (Lipinski definition) is 2. The first-order valence-corrected chi connectivity index (χ1v) is 11.5. The third-order valence-electron chi connectivity index (χ3n) is 6.10. The van der Waals surface area contributed by atoms with Gasteiger partial charge in [0.15, 0.2) is 0 Å². The molecule has 33 heavy (non-hydrogen) atoms. The summed E-state index contributed by atoms with van der Waals surface area (Å²) in [5.41, 5.74) is 0.771. The van der Waals surface area contributed by atoms with Crippen LogP contribution in [0.4, 0.5) is 0 Å². The topological polar surface area (TPSA) is 78.9 Å².